The molecule has 0 unspecified atom stereocenters. The number of amides is 1. The molecule has 0 radical (unpaired) electrons. The Labute approximate surface area is 244 Å². The number of aliphatic imine (C=N–C) groups is 1. The molecule has 3 N–H and O–H groups in total. The first-order valence-corrected chi connectivity index (χ1v) is 14.5. The minimum Gasteiger partial charge on any atom is -0.474 e. The number of pyridine rings is 1. The molecule has 4 rings (SSSR count). The van der Waals surface area contributed by atoms with Crippen LogP contribution in [0, 0.1) is 0 Å². The fraction of sp³-hybridized carbons (Fsp3) is 0.379. The van der Waals surface area contributed by atoms with E-state index in [1.165, 1.54) is 22.5 Å². The number of carbonyl (C=O) groups excluding carboxylic acids is 1. The number of carbonyl (C=O) groups is 1. The molecule has 0 aliphatic heterocycles. The zero-order valence-electron chi connectivity index (χ0n) is 22.9. The SMILES string of the molecule is C=NC1=C(/C(NCCOCCOc2nc(-c3ccnc(NC)c3)sc2C(=O)NC)=C2/C=CC(Cl)=CC2)CCCC1. The highest BCUT2D eigenvalue weighted by Crippen LogP contribution is 2.34. The van der Waals surface area contributed by atoms with Gasteiger partial charge in [0.15, 0.2) is 4.88 Å². The second-order valence-electron chi connectivity index (χ2n) is 9.12. The van der Waals surface area contributed by atoms with Gasteiger partial charge in [0.1, 0.15) is 17.4 Å². The summed E-state index contributed by atoms with van der Waals surface area (Å²) >= 11 is 7.43. The summed E-state index contributed by atoms with van der Waals surface area (Å²) in [6, 6.07) is 3.73. The third kappa shape index (κ3) is 7.59. The largest absolute Gasteiger partial charge is 0.474 e. The Morgan fingerprint density at radius 3 is 2.80 bits per heavy atom. The van der Waals surface area contributed by atoms with Gasteiger partial charge in [0, 0.05) is 48.8 Å². The number of allylic oxidation sites excluding steroid dienone is 7. The first-order chi connectivity index (χ1) is 19.5. The van der Waals surface area contributed by atoms with E-state index >= 15 is 0 Å². The van der Waals surface area contributed by atoms with Crippen molar-refractivity contribution in [1.29, 1.82) is 0 Å². The molecule has 40 heavy (non-hydrogen) atoms. The Kier molecular flexibility index (Phi) is 10.9. The molecule has 9 nitrogen and oxygen atoms in total. The molecule has 2 aromatic heterocycles. The van der Waals surface area contributed by atoms with Gasteiger partial charge in [-0.05, 0) is 68.2 Å². The third-order valence-electron chi connectivity index (χ3n) is 6.52. The van der Waals surface area contributed by atoms with Gasteiger partial charge in [-0.1, -0.05) is 23.8 Å². The van der Waals surface area contributed by atoms with Crippen molar-refractivity contribution in [3.05, 3.63) is 69.0 Å². The molecule has 0 saturated carbocycles. The van der Waals surface area contributed by atoms with Crippen molar-refractivity contribution < 1.29 is 14.3 Å². The van der Waals surface area contributed by atoms with Crippen LogP contribution in [0.5, 0.6) is 5.88 Å². The van der Waals surface area contributed by atoms with Gasteiger partial charge >= 0.3 is 0 Å². The van der Waals surface area contributed by atoms with Crippen molar-refractivity contribution in [3.63, 3.8) is 0 Å². The summed E-state index contributed by atoms with van der Waals surface area (Å²) in [5.41, 5.74) is 5.43. The lowest BCUT2D eigenvalue weighted by Crippen LogP contribution is -2.24. The lowest BCUT2D eigenvalue weighted by molar-refractivity contribution is 0.0936. The maximum Gasteiger partial charge on any atom is 0.266 e. The lowest BCUT2D eigenvalue weighted by Gasteiger charge is -2.24. The predicted octanol–water partition coefficient (Wildman–Crippen LogP) is 5.46. The molecule has 212 valence electrons. The van der Waals surface area contributed by atoms with E-state index in [2.05, 4.69) is 43.7 Å². The van der Waals surface area contributed by atoms with Crippen molar-refractivity contribution in [3.8, 4) is 16.5 Å². The summed E-state index contributed by atoms with van der Waals surface area (Å²) in [6.45, 7) is 5.52. The Bertz CT molecular complexity index is 1350. The van der Waals surface area contributed by atoms with Gasteiger partial charge in [-0.15, -0.1) is 11.3 Å². The van der Waals surface area contributed by atoms with Crippen LogP contribution in [0.4, 0.5) is 5.82 Å². The zero-order chi connectivity index (χ0) is 28.3. The Morgan fingerprint density at radius 2 is 2.05 bits per heavy atom. The van der Waals surface area contributed by atoms with Gasteiger partial charge in [0.25, 0.3) is 5.91 Å². The minimum absolute atomic E-state index is 0.245. The van der Waals surface area contributed by atoms with Crippen molar-refractivity contribution in [1.82, 2.24) is 20.6 Å². The third-order valence-corrected chi connectivity index (χ3v) is 7.88. The summed E-state index contributed by atoms with van der Waals surface area (Å²) in [5.74, 6) is 0.764. The number of ether oxygens (including phenoxy) is 2. The smallest absolute Gasteiger partial charge is 0.266 e. The number of hydrogen-bond acceptors (Lipinski definition) is 9. The Hall–Kier alpha value is -3.47. The first kappa shape index (κ1) is 29.5. The van der Waals surface area contributed by atoms with Crippen molar-refractivity contribution in [2.75, 3.05) is 45.8 Å². The van der Waals surface area contributed by atoms with Crippen molar-refractivity contribution in [2.45, 2.75) is 32.1 Å². The van der Waals surface area contributed by atoms with Gasteiger partial charge in [-0.2, -0.15) is 0 Å². The molecule has 0 aromatic carbocycles. The summed E-state index contributed by atoms with van der Waals surface area (Å²) in [7, 11) is 3.39. The second-order valence-corrected chi connectivity index (χ2v) is 10.6. The number of anilines is 1. The average molecular weight is 583 g/mol. The quantitative estimate of drug-likeness (QED) is 0.213. The van der Waals surface area contributed by atoms with E-state index in [1.54, 1.807) is 20.3 Å². The summed E-state index contributed by atoms with van der Waals surface area (Å²) in [5, 5.41) is 10.7. The second kappa shape index (κ2) is 14.8. The first-order valence-electron chi connectivity index (χ1n) is 13.3. The highest BCUT2D eigenvalue weighted by molar-refractivity contribution is 7.17. The molecule has 0 fully saturated rings. The Morgan fingerprint density at radius 1 is 1.20 bits per heavy atom. The van der Waals surface area contributed by atoms with E-state index in [-0.39, 0.29) is 12.5 Å². The molecule has 0 atom stereocenters. The highest BCUT2D eigenvalue weighted by Gasteiger charge is 2.21. The molecular weight excluding hydrogens is 548 g/mol. The molecule has 2 aliphatic rings. The van der Waals surface area contributed by atoms with E-state index in [1.807, 2.05) is 24.3 Å². The van der Waals surface area contributed by atoms with Crippen LogP contribution in [0.2, 0.25) is 0 Å². The number of rotatable bonds is 13. The monoisotopic (exact) mass is 582 g/mol. The lowest BCUT2D eigenvalue weighted by atomic mass is 9.90. The van der Waals surface area contributed by atoms with Crippen LogP contribution >= 0.6 is 22.9 Å². The van der Waals surface area contributed by atoms with E-state index in [0.29, 0.717) is 41.3 Å². The van der Waals surface area contributed by atoms with E-state index < -0.39 is 0 Å². The molecule has 11 heteroatoms. The van der Waals surface area contributed by atoms with Gasteiger partial charge in [-0.25, -0.2) is 9.97 Å². The van der Waals surface area contributed by atoms with Crippen molar-refractivity contribution >= 4 is 41.4 Å². The van der Waals surface area contributed by atoms with Crippen LogP contribution in [0.3, 0.4) is 0 Å². The molecule has 1 amide bonds. The zero-order valence-corrected chi connectivity index (χ0v) is 24.5. The standard InChI is InChI=1S/C29H35ClN6O3S/c1-31-23-7-5-4-6-22(23)25(19-8-10-21(30)11-9-19)35-14-15-38-16-17-39-28-26(27(37)33-3)40-29(36-28)20-12-13-34-24(18-20)32-2/h8,10-13,18,35H,1,4-7,9,14-17H2,2-3H3,(H,32,34)(H,33,37)/b25-19+. The molecule has 0 saturated heterocycles. The normalized spacial score (nSPS) is 16.3. The van der Waals surface area contributed by atoms with Crippen LogP contribution in [0.25, 0.3) is 10.6 Å². The molecule has 2 heterocycles. The molecule has 0 spiro atoms. The molecule has 2 aromatic rings. The number of hydrogen-bond donors (Lipinski definition) is 3. The summed E-state index contributed by atoms with van der Waals surface area (Å²) in [4.78, 5) is 26.0. The van der Waals surface area contributed by atoms with Crippen LogP contribution in [0.1, 0.15) is 41.8 Å². The van der Waals surface area contributed by atoms with E-state index in [0.717, 1.165) is 54.1 Å². The number of thiazole rings is 1. The van der Waals surface area contributed by atoms with E-state index in [4.69, 9.17) is 21.1 Å². The van der Waals surface area contributed by atoms with Gasteiger partial charge in [0.2, 0.25) is 5.88 Å². The fourth-order valence-corrected chi connectivity index (χ4v) is 5.58. The predicted molar refractivity (Wildman–Crippen MR) is 162 cm³/mol. The summed E-state index contributed by atoms with van der Waals surface area (Å²) in [6.07, 6.45) is 12.6. The maximum absolute atomic E-state index is 12.4. The molecular formula is C29H35ClN6O3S. The van der Waals surface area contributed by atoms with Crippen molar-refractivity contribution in [2.24, 2.45) is 4.99 Å². The Balaban J connectivity index is 1.33. The number of nitrogens with zero attached hydrogens (tertiary/aromatic N) is 3. The molecule has 2 aliphatic carbocycles. The number of nitrogens with one attached hydrogen (secondary N) is 3. The maximum atomic E-state index is 12.4. The summed E-state index contributed by atoms with van der Waals surface area (Å²) < 4.78 is 11.7. The average Bonchev–Trinajstić information content (AvgIpc) is 3.43. The van der Waals surface area contributed by atoms with Crippen LogP contribution in [-0.4, -0.2) is 63.1 Å². The number of halogens is 1. The van der Waals surface area contributed by atoms with Crippen LogP contribution < -0.4 is 20.7 Å². The van der Waals surface area contributed by atoms with E-state index in [9.17, 15) is 4.79 Å². The van der Waals surface area contributed by atoms with Gasteiger partial charge in [0.05, 0.1) is 13.2 Å². The highest BCUT2D eigenvalue weighted by atomic mass is 35.5. The van der Waals surface area contributed by atoms with Gasteiger partial charge in [-0.3, -0.25) is 9.79 Å². The molecule has 0 bridgehead atoms. The fourth-order valence-electron chi connectivity index (χ4n) is 4.49. The topological polar surface area (TPSA) is 110 Å². The minimum atomic E-state index is -0.245. The van der Waals surface area contributed by atoms with Crippen LogP contribution in [0.15, 0.2) is 69.1 Å². The van der Waals surface area contributed by atoms with Gasteiger partial charge < -0.3 is 25.4 Å². The number of aromatic nitrogens is 2. The van der Waals surface area contributed by atoms with Crippen LogP contribution in [-0.2, 0) is 4.74 Å².